The fourth-order valence-corrected chi connectivity index (χ4v) is 5.31. The van der Waals surface area contributed by atoms with Crippen molar-refractivity contribution >= 4 is 26.4 Å². The maximum atomic E-state index is 13.3. The molecule has 1 aliphatic heterocycles. The van der Waals surface area contributed by atoms with Gasteiger partial charge in [0.05, 0.1) is 18.7 Å². The summed E-state index contributed by atoms with van der Waals surface area (Å²) in [5.41, 5.74) is 2.81. The van der Waals surface area contributed by atoms with Crippen molar-refractivity contribution in [3.05, 3.63) is 41.7 Å². The second-order valence-corrected chi connectivity index (χ2v) is 11.2. The lowest BCUT2D eigenvalue weighted by Crippen LogP contribution is -2.43. The molecule has 13 heteroatoms. The van der Waals surface area contributed by atoms with E-state index in [1.54, 1.807) is 24.7 Å². The Morgan fingerprint density at radius 2 is 1.92 bits per heavy atom. The van der Waals surface area contributed by atoms with Gasteiger partial charge in [-0.15, -0.1) is 0 Å². The number of alkyl halides is 3. The van der Waals surface area contributed by atoms with Crippen LogP contribution in [0.5, 0.6) is 0 Å². The quantitative estimate of drug-likeness (QED) is 0.422. The van der Waals surface area contributed by atoms with Crippen LogP contribution in [0.1, 0.15) is 18.3 Å². The van der Waals surface area contributed by atoms with Crippen LogP contribution in [-0.2, 0) is 27.8 Å². The van der Waals surface area contributed by atoms with Gasteiger partial charge in [-0.3, -0.25) is 9.78 Å². The van der Waals surface area contributed by atoms with E-state index in [1.165, 1.54) is 6.07 Å². The molecule has 5 rings (SSSR count). The van der Waals surface area contributed by atoms with E-state index in [4.69, 9.17) is 4.74 Å². The molecule has 0 amide bonds. The highest BCUT2D eigenvalue weighted by Crippen LogP contribution is 2.40. The summed E-state index contributed by atoms with van der Waals surface area (Å²) >= 11 is 0. The van der Waals surface area contributed by atoms with Crippen LogP contribution in [0.2, 0.25) is 0 Å². The number of rotatable bonds is 4. The molecule has 37 heavy (non-hydrogen) atoms. The van der Waals surface area contributed by atoms with E-state index in [0.717, 1.165) is 23.6 Å². The van der Waals surface area contributed by atoms with E-state index in [2.05, 4.69) is 25.2 Å². The zero-order valence-electron chi connectivity index (χ0n) is 20.6. The lowest BCUT2D eigenvalue weighted by atomic mass is 9.98. The van der Waals surface area contributed by atoms with E-state index < -0.39 is 21.7 Å². The highest BCUT2D eigenvalue weighted by Gasteiger charge is 2.34. The fraction of sp³-hybridized carbons (Fsp3) is 0.375. The minimum absolute atomic E-state index is 0.0372. The number of fused-ring (bicyclic) bond motifs is 1. The topological polar surface area (TPSA) is 106 Å². The van der Waals surface area contributed by atoms with Crippen LogP contribution >= 0.6 is 0 Å². The molecule has 0 radical (unpaired) electrons. The molecule has 3 aromatic heterocycles. The highest BCUT2D eigenvalue weighted by atomic mass is 32.2. The molecular formula is C24H25F3N6O3S. The summed E-state index contributed by atoms with van der Waals surface area (Å²) in [6.07, 6.45) is -3.47. The molecule has 0 saturated carbocycles. The summed E-state index contributed by atoms with van der Waals surface area (Å²) in [5, 5.41) is 11.1. The number of anilines is 1. The number of nitrogens with one attached hydrogen (secondary N) is 1. The first kappa shape index (κ1) is 25.2. The number of nitrogens with zero attached hydrogens (tertiary/aromatic N) is 5. The van der Waals surface area contributed by atoms with E-state index in [-0.39, 0.29) is 16.8 Å². The van der Waals surface area contributed by atoms with Gasteiger partial charge >= 0.3 is 6.18 Å². The van der Waals surface area contributed by atoms with Crippen LogP contribution in [0.25, 0.3) is 33.4 Å². The lowest BCUT2D eigenvalue weighted by molar-refractivity contribution is -0.141. The van der Waals surface area contributed by atoms with Crippen molar-refractivity contribution in [2.24, 2.45) is 7.05 Å². The second-order valence-electron chi connectivity index (χ2n) is 9.20. The number of ether oxygens (including phenoxy) is 1. The third-order valence-corrected chi connectivity index (χ3v) is 7.47. The van der Waals surface area contributed by atoms with Crippen LogP contribution < -0.4 is 4.90 Å². The maximum absolute atomic E-state index is 13.3. The van der Waals surface area contributed by atoms with Crippen LogP contribution in [-0.4, -0.2) is 65.4 Å². The summed E-state index contributed by atoms with van der Waals surface area (Å²) < 4.78 is 71.1. The molecule has 4 heterocycles. The Hall–Kier alpha value is -3.45. The summed E-state index contributed by atoms with van der Waals surface area (Å²) in [7, 11) is -1.80. The molecule has 0 aliphatic carbocycles. The molecule has 1 aromatic carbocycles. The summed E-state index contributed by atoms with van der Waals surface area (Å²) in [4.78, 5) is 6.49. The monoisotopic (exact) mass is 534 g/mol. The standard InChI is InChI=1S/C24H25F3N6O3S/c1-13-12-36-8-7-33(13)15-9-17(16-5-6-21(28-14(16)2)37(4,34)35)23-18(10-15)22(31-32(23)3)19-11-20(30-29-19)24(25,26)27/h5-6,9-11,13H,7-8,12H2,1-4H3,(H,29,30)/t13-/m1/s1. The van der Waals surface area contributed by atoms with Crippen LogP contribution in [0.4, 0.5) is 18.9 Å². The number of benzene rings is 1. The average Bonchev–Trinajstić information content (AvgIpc) is 3.43. The predicted molar refractivity (Wildman–Crippen MR) is 132 cm³/mol. The van der Waals surface area contributed by atoms with E-state index >= 15 is 0 Å². The smallest absolute Gasteiger partial charge is 0.377 e. The molecule has 1 aliphatic rings. The normalized spacial score (nSPS) is 17.1. The van der Waals surface area contributed by atoms with Gasteiger partial charge < -0.3 is 9.64 Å². The van der Waals surface area contributed by atoms with E-state index in [9.17, 15) is 21.6 Å². The Morgan fingerprint density at radius 3 is 2.54 bits per heavy atom. The minimum atomic E-state index is -4.57. The highest BCUT2D eigenvalue weighted by molar-refractivity contribution is 7.90. The van der Waals surface area contributed by atoms with Crippen LogP contribution in [0.3, 0.4) is 0 Å². The first-order chi connectivity index (χ1) is 17.3. The number of pyridine rings is 1. The number of hydrogen-bond donors (Lipinski definition) is 1. The van der Waals surface area contributed by atoms with Gasteiger partial charge in [0.2, 0.25) is 0 Å². The van der Waals surface area contributed by atoms with Gasteiger partial charge in [-0.1, -0.05) is 0 Å². The molecular weight excluding hydrogens is 509 g/mol. The molecule has 1 N–H and O–H groups in total. The zero-order chi connectivity index (χ0) is 26.7. The van der Waals surface area contributed by atoms with Crippen LogP contribution in [0.15, 0.2) is 35.4 Å². The van der Waals surface area contributed by atoms with Gasteiger partial charge in [0.1, 0.15) is 17.1 Å². The SMILES string of the molecule is Cc1nc(S(C)(=O)=O)ccc1-c1cc(N2CCOC[C@H]2C)cc2c(-c3cc(C(F)(F)F)[nH]n3)nn(C)c12. The van der Waals surface area contributed by atoms with Crippen molar-refractivity contribution < 1.29 is 26.3 Å². The molecule has 1 atom stereocenters. The van der Waals surface area contributed by atoms with Crippen LogP contribution in [0, 0.1) is 6.92 Å². The number of hydrogen-bond acceptors (Lipinski definition) is 7. The minimum Gasteiger partial charge on any atom is -0.377 e. The van der Waals surface area contributed by atoms with Gasteiger partial charge in [-0.2, -0.15) is 23.4 Å². The van der Waals surface area contributed by atoms with Crippen molar-refractivity contribution in [2.75, 3.05) is 30.9 Å². The maximum Gasteiger partial charge on any atom is 0.432 e. The second kappa shape index (κ2) is 8.84. The summed E-state index contributed by atoms with van der Waals surface area (Å²) in [6, 6.07) is 8.04. The molecule has 0 unspecified atom stereocenters. The number of halogens is 3. The molecule has 196 valence electrons. The molecule has 1 saturated heterocycles. The van der Waals surface area contributed by atoms with Gasteiger partial charge in [0.15, 0.2) is 14.9 Å². The fourth-order valence-electron chi connectivity index (χ4n) is 4.69. The number of sulfone groups is 1. The Morgan fingerprint density at radius 1 is 1.16 bits per heavy atom. The van der Waals surface area contributed by atoms with Gasteiger partial charge in [-0.25, -0.2) is 13.4 Å². The van der Waals surface area contributed by atoms with Crippen molar-refractivity contribution in [1.82, 2.24) is 25.0 Å². The van der Waals surface area contributed by atoms with Gasteiger partial charge in [-0.05, 0) is 44.2 Å². The number of morpholine rings is 1. The molecule has 0 spiro atoms. The molecule has 1 fully saturated rings. The number of aromatic nitrogens is 5. The molecule has 9 nitrogen and oxygen atoms in total. The number of aryl methyl sites for hydroxylation is 2. The third-order valence-electron chi connectivity index (χ3n) is 6.48. The van der Waals surface area contributed by atoms with Crippen molar-refractivity contribution in [3.63, 3.8) is 0 Å². The van der Waals surface area contributed by atoms with Crippen molar-refractivity contribution in [2.45, 2.75) is 31.1 Å². The van der Waals surface area contributed by atoms with E-state index in [0.29, 0.717) is 47.6 Å². The third kappa shape index (κ3) is 4.57. The summed E-state index contributed by atoms with van der Waals surface area (Å²) in [6.45, 7) is 5.46. The Kier molecular flexibility index (Phi) is 6.02. The van der Waals surface area contributed by atoms with E-state index in [1.807, 2.05) is 19.1 Å². The predicted octanol–water partition coefficient (Wildman–Crippen LogP) is 3.98. The Balaban J connectivity index is 1.77. The first-order valence-corrected chi connectivity index (χ1v) is 13.4. The molecule has 4 aromatic rings. The number of aromatic amines is 1. The van der Waals surface area contributed by atoms with Gasteiger partial charge in [0.25, 0.3) is 0 Å². The lowest BCUT2D eigenvalue weighted by Gasteiger charge is -2.35. The zero-order valence-corrected chi connectivity index (χ0v) is 21.4. The molecule has 0 bridgehead atoms. The first-order valence-electron chi connectivity index (χ1n) is 11.5. The summed E-state index contributed by atoms with van der Waals surface area (Å²) in [5.74, 6) is 0. The Bertz CT molecular complexity index is 1610. The number of H-pyrrole nitrogens is 1. The average molecular weight is 535 g/mol. The van der Waals surface area contributed by atoms with Crippen molar-refractivity contribution in [3.8, 4) is 22.5 Å². The van der Waals surface area contributed by atoms with Crippen molar-refractivity contribution in [1.29, 1.82) is 0 Å². The van der Waals surface area contributed by atoms with Gasteiger partial charge in [0, 0.05) is 53.8 Å². The largest absolute Gasteiger partial charge is 0.432 e. The Labute approximate surface area is 211 Å².